The lowest BCUT2D eigenvalue weighted by Gasteiger charge is -2.14. The van der Waals surface area contributed by atoms with Gasteiger partial charge in [-0.25, -0.2) is 9.18 Å². The summed E-state index contributed by atoms with van der Waals surface area (Å²) in [5, 5.41) is 8.52. The zero-order chi connectivity index (χ0) is 16.3. The number of carboxylic acids is 1. The first-order valence-corrected chi connectivity index (χ1v) is 6.15. The molecule has 0 heterocycles. The van der Waals surface area contributed by atoms with Crippen molar-refractivity contribution in [1.29, 1.82) is 0 Å². The molecular formula is C16H10F4O2. The van der Waals surface area contributed by atoms with Crippen LogP contribution in [0.25, 0.3) is 17.2 Å². The average Bonchev–Trinajstić information content (AvgIpc) is 2.45. The highest BCUT2D eigenvalue weighted by Crippen LogP contribution is 2.37. The lowest BCUT2D eigenvalue weighted by atomic mass is 9.97. The Morgan fingerprint density at radius 2 is 1.68 bits per heavy atom. The highest BCUT2D eigenvalue weighted by atomic mass is 19.4. The number of alkyl halides is 3. The molecule has 0 unspecified atom stereocenters. The Morgan fingerprint density at radius 1 is 1.05 bits per heavy atom. The minimum absolute atomic E-state index is 0.0972. The van der Waals surface area contributed by atoms with Crippen LogP contribution in [-0.2, 0) is 11.0 Å². The first kappa shape index (κ1) is 15.8. The van der Waals surface area contributed by atoms with Gasteiger partial charge in [-0.05, 0) is 41.0 Å². The van der Waals surface area contributed by atoms with Crippen LogP contribution in [0, 0.1) is 5.82 Å². The molecule has 2 nitrogen and oxygen atoms in total. The van der Waals surface area contributed by atoms with Crippen LogP contribution in [0.4, 0.5) is 17.6 Å². The zero-order valence-corrected chi connectivity index (χ0v) is 11.1. The van der Waals surface area contributed by atoms with Crippen LogP contribution < -0.4 is 0 Å². The van der Waals surface area contributed by atoms with Crippen LogP contribution >= 0.6 is 0 Å². The lowest BCUT2D eigenvalue weighted by molar-refractivity contribution is -0.137. The second-order valence-electron chi connectivity index (χ2n) is 4.48. The highest BCUT2D eigenvalue weighted by Gasteiger charge is 2.33. The Kier molecular flexibility index (Phi) is 4.30. The Balaban J connectivity index is 2.54. The fraction of sp³-hybridized carbons (Fsp3) is 0.0625. The average molecular weight is 310 g/mol. The predicted octanol–water partition coefficient (Wildman–Crippen LogP) is 4.61. The van der Waals surface area contributed by atoms with Crippen molar-refractivity contribution >= 4 is 12.0 Å². The van der Waals surface area contributed by atoms with Gasteiger partial charge in [0.15, 0.2) is 0 Å². The summed E-state index contributed by atoms with van der Waals surface area (Å²) in [6.07, 6.45) is -2.78. The van der Waals surface area contributed by atoms with Crippen LogP contribution in [-0.4, -0.2) is 11.1 Å². The van der Waals surface area contributed by atoms with E-state index in [-0.39, 0.29) is 16.7 Å². The predicted molar refractivity (Wildman–Crippen MR) is 73.5 cm³/mol. The van der Waals surface area contributed by atoms with Crippen LogP contribution in [0.2, 0.25) is 0 Å². The van der Waals surface area contributed by atoms with Crippen molar-refractivity contribution in [3.8, 4) is 11.1 Å². The highest BCUT2D eigenvalue weighted by molar-refractivity contribution is 5.85. The van der Waals surface area contributed by atoms with Gasteiger partial charge in [0.05, 0.1) is 5.56 Å². The number of hydrogen-bond acceptors (Lipinski definition) is 1. The number of benzene rings is 2. The van der Waals surface area contributed by atoms with E-state index >= 15 is 0 Å². The number of carboxylic acid groups (broad SMARTS) is 1. The minimum atomic E-state index is -4.61. The van der Waals surface area contributed by atoms with Crippen molar-refractivity contribution in [2.24, 2.45) is 0 Å². The second-order valence-corrected chi connectivity index (χ2v) is 4.48. The molecule has 1 N–H and O–H groups in total. The van der Waals surface area contributed by atoms with E-state index in [1.807, 2.05) is 0 Å². The third-order valence-corrected chi connectivity index (χ3v) is 2.92. The van der Waals surface area contributed by atoms with Gasteiger partial charge in [0.1, 0.15) is 5.82 Å². The van der Waals surface area contributed by atoms with E-state index in [1.165, 1.54) is 24.3 Å². The smallest absolute Gasteiger partial charge is 0.417 e. The summed E-state index contributed by atoms with van der Waals surface area (Å²) in [4.78, 5) is 10.4. The van der Waals surface area contributed by atoms with Gasteiger partial charge >= 0.3 is 12.1 Å². The van der Waals surface area contributed by atoms with E-state index in [0.717, 1.165) is 30.4 Å². The lowest BCUT2D eigenvalue weighted by Crippen LogP contribution is -2.07. The normalized spacial score (nSPS) is 11.8. The van der Waals surface area contributed by atoms with Crippen LogP contribution in [0.15, 0.2) is 48.5 Å². The van der Waals surface area contributed by atoms with Gasteiger partial charge in [0.25, 0.3) is 0 Å². The monoisotopic (exact) mass is 310 g/mol. The maximum atomic E-state index is 13.2. The summed E-state index contributed by atoms with van der Waals surface area (Å²) in [6, 6.07) is 8.13. The molecule has 0 amide bonds. The molecule has 114 valence electrons. The van der Waals surface area contributed by atoms with Gasteiger partial charge < -0.3 is 5.11 Å². The molecule has 22 heavy (non-hydrogen) atoms. The molecule has 0 spiro atoms. The van der Waals surface area contributed by atoms with Gasteiger partial charge in [-0.1, -0.05) is 24.3 Å². The van der Waals surface area contributed by atoms with E-state index in [9.17, 15) is 22.4 Å². The summed E-state index contributed by atoms with van der Waals surface area (Å²) >= 11 is 0. The molecule has 2 aromatic rings. The molecule has 0 saturated heterocycles. The van der Waals surface area contributed by atoms with Crippen molar-refractivity contribution in [3.05, 3.63) is 65.5 Å². The number of carbonyl (C=O) groups is 1. The molecule has 0 atom stereocenters. The maximum Gasteiger partial charge on any atom is 0.417 e. The topological polar surface area (TPSA) is 37.3 Å². The molecule has 0 aliphatic rings. The van der Waals surface area contributed by atoms with Crippen molar-refractivity contribution in [2.45, 2.75) is 6.18 Å². The molecule has 0 fully saturated rings. The molecule has 0 aliphatic carbocycles. The number of aliphatic carboxylic acids is 1. The summed E-state index contributed by atoms with van der Waals surface area (Å²) in [7, 11) is 0. The molecule has 0 aliphatic heterocycles. The number of rotatable bonds is 3. The van der Waals surface area contributed by atoms with E-state index in [1.54, 1.807) is 0 Å². The molecule has 0 aromatic heterocycles. The van der Waals surface area contributed by atoms with Gasteiger partial charge in [0, 0.05) is 6.08 Å². The quantitative estimate of drug-likeness (QED) is 0.664. The molecule has 0 bridgehead atoms. The SMILES string of the molecule is O=C(O)C=Cc1ccc(-c2ccc(F)cc2)c(C(F)(F)F)c1. The Morgan fingerprint density at radius 3 is 2.23 bits per heavy atom. The third-order valence-electron chi connectivity index (χ3n) is 2.92. The maximum absolute atomic E-state index is 13.2. The van der Waals surface area contributed by atoms with Crippen molar-refractivity contribution in [2.75, 3.05) is 0 Å². The number of hydrogen-bond donors (Lipinski definition) is 1. The van der Waals surface area contributed by atoms with Crippen LogP contribution in [0.3, 0.4) is 0 Å². The van der Waals surface area contributed by atoms with Crippen LogP contribution in [0.5, 0.6) is 0 Å². The van der Waals surface area contributed by atoms with Crippen LogP contribution in [0.1, 0.15) is 11.1 Å². The fourth-order valence-electron chi connectivity index (χ4n) is 1.95. The summed E-state index contributed by atoms with van der Waals surface area (Å²) < 4.78 is 52.4. The van der Waals surface area contributed by atoms with E-state index in [0.29, 0.717) is 0 Å². The Labute approximate surface area is 123 Å². The van der Waals surface area contributed by atoms with E-state index in [2.05, 4.69) is 0 Å². The van der Waals surface area contributed by atoms with Gasteiger partial charge in [-0.3, -0.25) is 0 Å². The largest absolute Gasteiger partial charge is 0.478 e. The second kappa shape index (κ2) is 6.01. The molecule has 0 radical (unpaired) electrons. The molecule has 2 aromatic carbocycles. The summed E-state index contributed by atoms with van der Waals surface area (Å²) in [5.74, 6) is -1.80. The van der Waals surface area contributed by atoms with E-state index in [4.69, 9.17) is 5.11 Å². The first-order chi connectivity index (χ1) is 10.3. The van der Waals surface area contributed by atoms with E-state index < -0.39 is 23.5 Å². The third kappa shape index (κ3) is 3.72. The first-order valence-electron chi connectivity index (χ1n) is 6.15. The zero-order valence-electron chi connectivity index (χ0n) is 11.1. The van der Waals surface area contributed by atoms with Crippen molar-refractivity contribution in [3.63, 3.8) is 0 Å². The van der Waals surface area contributed by atoms with Gasteiger partial charge in [-0.2, -0.15) is 13.2 Å². The summed E-state index contributed by atoms with van der Waals surface area (Å²) in [6.45, 7) is 0. The minimum Gasteiger partial charge on any atom is -0.478 e. The molecule has 6 heteroatoms. The Bertz CT molecular complexity index is 716. The fourth-order valence-corrected chi connectivity index (χ4v) is 1.95. The number of halogens is 4. The molecule has 0 saturated carbocycles. The molecular weight excluding hydrogens is 300 g/mol. The van der Waals surface area contributed by atoms with Crippen molar-refractivity contribution < 1.29 is 27.5 Å². The Hall–Kier alpha value is -2.63. The van der Waals surface area contributed by atoms with Crippen molar-refractivity contribution in [1.82, 2.24) is 0 Å². The van der Waals surface area contributed by atoms with Gasteiger partial charge in [-0.15, -0.1) is 0 Å². The standard InChI is InChI=1S/C16H10F4O2/c17-12-5-3-11(4-6-12)13-7-1-10(2-8-15(21)22)9-14(13)16(18,19)20/h1-9H,(H,21,22). The van der Waals surface area contributed by atoms with Gasteiger partial charge in [0.2, 0.25) is 0 Å². The summed E-state index contributed by atoms with van der Waals surface area (Å²) in [5.41, 5.74) is -0.672. The molecule has 2 rings (SSSR count).